The Morgan fingerprint density at radius 2 is 1.79 bits per heavy atom. The van der Waals surface area contributed by atoms with Crippen molar-refractivity contribution in [2.24, 2.45) is 0 Å². The molecular weight excluding hydrogens is 524 g/mol. The predicted molar refractivity (Wildman–Crippen MR) is 146 cm³/mol. The van der Waals surface area contributed by atoms with E-state index >= 15 is 0 Å². The van der Waals surface area contributed by atoms with Crippen molar-refractivity contribution in [1.82, 2.24) is 9.97 Å². The Morgan fingerprint density at radius 1 is 1.00 bits per heavy atom. The zero-order valence-corrected chi connectivity index (χ0v) is 22.3. The number of thioether (sulfide) groups is 1. The van der Waals surface area contributed by atoms with E-state index in [0.29, 0.717) is 39.3 Å². The number of amides is 1. The lowest BCUT2D eigenvalue weighted by molar-refractivity contribution is -0.113. The minimum Gasteiger partial charge on any atom is -0.497 e. The number of hydrogen-bond donors (Lipinski definition) is 1. The van der Waals surface area contributed by atoms with Gasteiger partial charge in [-0.3, -0.25) is 9.10 Å². The van der Waals surface area contributed by atoms with Crippen molar-refractivity contribution in [3.05, 3.63) is 84.6 Å². The van der Waals surface area contributed by atoms with Crippen LogP contribution in [-0.2, 0) is 21.4 Å². The van der Waals surface area contributed by atoms with E-state index in [4.69, 9.17) is 9.47 Å². The van der Waals surface area contributed by atoms with Gasteiger partial charge in [0.05, 0.1) is 49.8 Å². The van der Waals surface area contributed by atoms with Gasteiger partial charge in [0.15, 0.2) is 5.16 Å². The third-order valence-electron chi connectivity index (χ3n) is 5.90. The van der Waals surface area contributed by atoms with Gasteiger partial charge < -0.3 is 14.8 Å². The van der Waals surface area contributed by atoms with Gasteiger partial charge in [-0.15, -0.1) is 0 Å². The van der Waals surface area contributed by atoms with Crippen LogP contribution < -0.4 is 19.1 Å². The summed E-state index contributed by atoms with van der Waals surface area (Å²) in [6, 6.07) is 21.6. The number of rotatable bonds is 8. The normalized spacial score (nSPS) is 13.3. The van der Waals surface area contributed by atoms with E-state index < -0.39 is 10.0 Å². The maximum Gasteiger partial charge on any atom is 0.268 e. The number of para-hydroxylation sites is 3. The maximum absolute atomic E-state index is 13.7. The first kappa shape index (κ1) is 25.6. The standard InChI is InChI=1S/C27H24N4O5S2/c1-35-19-9-7-8-18(14-19)16-31-22-12-5-3-10-20(22)26-24(38(31,33)34)15-28-27(30-26)37-17-25(32)29-21-11-4-6-13-23(21)36-2/h3-15H,16-17H2,1-2H3,(H,29,32). The molecule has 1 aliphatic heterocycles. The summed E-state index contributed by atoms with van der Waals surface area (Å²) in [6.45, 7) is 0.121. The number of fused-ring (bicyclic) bond motifs is 3. The summed E-state index contributed by atoms with van der Waals surface area (Å²) in [5.74, 6) is 0.965. The largest absolute Gasteiger partial charge is 0.497 e. The topological polar surface area (TPSA) is 111 Å². The van der Waals surface area contributed by atoms with Crippen LogP contribution in [0.15, 0.2) is 89.0 Å². The fraction of sp³-hybridized carbons (Fsp3) is 0.148. The molecule has 0 saturated carbocycles. The lowest BCUT2D eigenvalue weighted by atomic mass is 10.1. The Hall–Kier alpha value is -4.09. The van der Waals surface area contributed by atoms with Gasteiger partial charge in [0.1, 0.15) is 16.4 Å². The average Bonchev–Trinajstić information content (AvgIpc) is 2.94. The molecule has 1 amide bonds. The molecular formula is C27H24N4O5S2. The SMILES string of the molecule is COc1cccc(CN2c3ccccc3-c3nc(SCC(=O)Nc4ccccc4OC)ncc3S2(=O)=O)c1. The molecule has 5 rings (SSSR count). The molecule has 9 nitrogen and oxygen atoms in total. The molecule has 1 N–H and O–H groups in total. The second-order valence-corrected chi connectivity index (χ2v) is 11.1. The van der Waals surface area contributed by atoms with E-state index in [-0.39, 0.29) is 23.1 Å². The molecule has 3 aromatic carbocycles. The highest BCUT2D eigenvalue weighted by atomic mass is 32.2. The molecule has 0 unspecified atom stereocenters. The van der Waals surface area contributed by atoms with E-state index in [1.165, 1.54) is 17.6 Å². The number of nitrogens with one attached hydrogen (secondary N) is 1. The lowest BCUT2D eigenvalue weighted by Crippen LogP contribution is -2.34. The molecule has 0 spiro atoms. The highest BCUT2D eigenvalue weighted by molar-refractivity contribution is 7.99. The summed E-state index contributed by atoms with van der Waals surface area (Å²) in [7, 11) is -0.846. The summed E-state index contributed by atoms with van der Waals surface area (Å²) in [6.07, 6.45) is 1.31. The number of methoxy groups -OCH3 is 2. The molecule has 4 aromatic rings. The van der Waals surface area contributed by atoms with Crippen molar-refractivity contribution in [3.63, 3.8) is 0 Å². The Bertz CT molecular complexity index is 1610. The monoisotopic (exact) mass is 548 g/mol. The molecule has 194 valence electrons. The second kappa shape index (κ2) is 10.7. The molecule has 1 aliphatic rings. The van der Waals surface area contributed by atoms with Crippen molar-refractivity contribution in [2.75, 3.05) is 29.6 Å². The third kappa shape index (κ3) is 5.02. The first-order valence-electron chi connectivity index (χ1n) is 11.6. The van der Waals surface area contributed by atoms with Gasteiger partial charge in [0.25, 0.3) is 10.0 Å². The summed E-state index contributed by atoms with van der Waals surface area (Å²) < 4.78 is 39.3. The van der Waals surface area contributed by atoms with Crippen molar-refractivity contribution in [1.29, 1.82) is 0 Å². The maximum atomic E-state index is 13.7. The van der Waals surface area contributed by atoms with Crippen molar-refractivity contribution in [2.45, 2.75) is 16.6 Å². The number of ether oxygens (including phenoxy) is 2. The first-order chi connectivity index (χ1) is 18.4. The summed E-state index contributed by atoms with van der Waals surface area (Å²) in [5, 5.41) is 3.10. The van der Waals surface area contributed by atoms with E-state index in [1.807, 2.05) is 30.3 Å². The van der Waals surface area contributed by atoms with Crippen molar-refractivity contribution >= 4 is 39.1 Å². The number of aromatic nitrogens is 2. The van der Waals surface area contributed by atoms with Crippen LogP contribution in [0.2, 0.25) is 0 Å². The van der Waals surface area contributed by atoms with Gasteiger partial charge in [-0.2, -0.15) is 0 Å². The van der Waals surface area contributed by atoms with E-state index in [0.717, 1.165) is 17.3 Å². The highest BCUT2D eigenvalue weighted by Gasteiger charge is 2.36. The quantitative estimate of drug-likeness (QED) is 0.251. The van der Waals surface area contributed by atoms with E-state index in [2.05, 4.69) is 15.3 Å². The van der Waals surface area contributed by atoms with Crippen LogP contribution in [0, 0.1) is 0 Å². The molecule has 0 radical (unpaired) electrons. The lowest BCUT2D eigenvalue weighted by Gasteiger charge is -2.31. The van der Waals surface area contributed by atoms with Crippen LogP contribution in [0.1, 0.15) is 5.56 Å². The summed E-state index contributed by atoms with van der Waals surface area (Å²) in [4.78, 5) is 21.4. The Kier molecular flexibility index (Phi) is 7.21. The van der Waals surface area contributed by atoms with Crippen LogP contribution in [-0.4, -0.2) is 44.3 Å². The molecule has 0 bridgehead atoms. The minimum absolute atomic E-state index is 0.0157. The number of nitrogens with zero attached hydrogens (tertiary/aromatic N) is 3. The Labute approximate surface area is 224 Å². The highest BCUT2D eigenvalue weighted by Crippen LogP contribution is 2.43. The number of hydrogen-bond acceptors (Lipinski definition) is 8. The van der Waals surface area contributed by atoms with Gasteiger partial charge in [0, 0.05) is 5.56 Å². The number of benzene rings is 3. The Balaban J connectivity index is 1.40. The van der Waals surface area contributed by atoms with Crippen LogP contribution in [0.25, 0.3) is 11.3 Å². The van der Waals surface area contributed by atoms with Crippen LogP contribution in [0.4, 0.5) is 11.4 Å². The van der Waals surface area contributed by atoms with Crippen LogP contribution in [0.5, 0.6) is 11.5 Å². The molecule has 38 heavy (non-hydrogen) atoms. The predicted octanol–water partition coefficient (Wildman–Crippen LogP) is 4.60. The van der Waals surface area contributed by atoms with Crippen molar-refractivity contribution in [3.8, 4) is 22.8 Å². The van der Waals surface area contributed by atoms with E-state index in [9.17, 15) is 13.2 Å². The molecule has 11 heteroatoms. The molecule has 0 atom stereocenters. The number of sulfonamides is 1. The Morgan fingerprint density at radius 3 is 2.61 bits per heavy atom. The molecule has 0 aliphatic carbocycles. The summed E-state index contributed by atoms with van der Waals surface area (Å²) >= 11 is 1.12. The van der Waals surface area contributed by atoms with Crippen molar-refractivity contribution < 1.29 is 22.7 Å². The average molecular weight is 549 g/mol. The van der Waals surface area contributed by atoms with Crippen LogP contribution >= 0.6 is 11.8 Å². The van der Waals surface area contributed by atoms with Crippen LogP contribution in [0.3, 0.4) is 0 Å². The molecule has 1 aromatic heterocycles. The second-order valence-electron chi connectivity index (χ2n) is 8.28. The summed E-state index contributed by atoms with van der Waals surface area (Å²) in [5.41, 5.74) is 2.84. The molecule has 0 fully saturated rings. The first-order valence-corrected chi connectivity index (χ1v) is 14.0. The molecule has 2 heterocycles. The molecule has 0 saturated heterocycles. The zero-order valence-electron chi connectivity index (χ0n) is 20.6. The van der Waals surface area contributed by atoms with Gasteiger partial charge in [-0.1, -0.05) is 54.2 Å². The zero-order chi connectivity index (χ0) is 26.7. The van der Waals surface area contributed by atoms with Gasteiger partial charge in [0.2, 0.25) is 5.91 Å². The number of carbonyl (C=O) groups excluding carboxylic acids is 1. The smallest absolute Gasteiger partial charge is 0.268 e. The third-order valence-corrected chi connectivity index (χ3v) is 8.52. The number of anilines is 2. The van der Waals surface area contributed by atoms with E-state index in [1.54, 1.807) is 49.6 Å². The fourth-order valence-electron chi connectivity index (χ4n) is 4.12. The number of carbonyl (C=O) groups is 1. The van der Waals surface area contributed by atoms with Gasteiger partial charge >= 0.3 is 0 Å². The fourth-order valence-corrected chi connectivity index (χ4v) is 6.29. The van der Waals surface area contributed by atoms with Gasteiger partial charge in [-0.25, -0.2) is 18.4 Å². The van der Waals surface area contributed by atoms with Gasteiger partial charge in [-0.05, 0) is 35.9 Å². The minimum atomic E-state index is -3.95.